The highest BCUT2D eigenvalue weighted by Gasteiger charge is 2.57. The van der Waals surface area contributed by atoms with Gasteiger partial charge in [0.05, 0.1) is 5.69 Å². The Labute approximate surface area is 138 Å². The number of carbonyl (C=O) groups excluding carboxylic acids is 1. The monoisotopic (exact) mass is 368 g/mol. The van der Waals surface area contributed by atoms with Crippen LogP contribution in [0.1, 0.15) is 39.3 Å². The van der Waals surface area contributed by atoms with Crippen molar-refractivity contribution in [2.24, 2.45) is 5.92 Å². The van der Waals surface area contributed by atoms with E-state index < -0.39 is 11.2 Å². The molecular weight excluding hydrogens is 348 g/mol. The molecule has 2 heterocycles. The molecule has 1 aromatic heterocycles. The van der Waals surface area contributed by atoms with Crippen molar-refractivity contribution in [2.45, 2.75) is 50.9 Å². The van der Waals surface area contributed by atoms with Crippen molar-refractivity contribution >= 4 is 22.0 Å². The summed E-state index contributed by atoms with van der Waals surface area (Å²) in [6, 6.07) is 5.59. The first-order valence-corrected chi connectivity index (χ1v) is 8.33. The predicted molar refractivity (Wildman–Crippen MR) is 85.3 cm³/mol. The van der Waals surface area contributed by atoms with Crippen molar-refractivity contribution < 1.29 is 14.6 Å². The summed E-state index contributed by atoms with van der Waals surface area (Å²) in [5, 5.41) is 11.0. The Morgan fingerprint density at radius 3 is 2.77 bits per heavy atom. The zero-order valence-electron chi connectivity index (χ0n) is 13.0. The van der Waals surface area contributed by atoms with Crippen LogP contribution in [-0.2, 0) is 10.3 Å². The lowest BCUT2D eigenvalue weighted by Gasteiger charge is -2.37. The average Bonchev–Trinajstić information content (AvgIpc) is 2.94. The summed E-state index contributed by atoms with van der Waals surface area (Å²) in [6.45, 7) is 6.10. The van der Waals surface area contributed by atoms with Crippen molar-refractivity contribution in [2.75, 3.05) is 6.54 Å². The fourth-order valence-electron chi connectivity index (χ4n) is 3.49. The average molecular weight is 369 g/mol. The Morgan fingerprint density at radius 1 is 1.50 bits per heavy atom. The maximum absolute atomic E-state index is 12.3. The Kier molecular flexibility index (Phi) is 3.72. The number of amides is 1. The molecule has 0 aromatic carbocycles. The van der Waals surface area contributed by atoms with E-state index in [0.717, 1.165) is 6.42 Å². The third-order valence-electron chi connectivity index (χ3n) is 4.42. The van der Waals surface area contributed by atoms with Gasteiger partial charge in [0.1, 0.15) is 15.8 Å². The number of nitrogens with zero attached hydrogens (tertiary/aromatic N) is 2. The summed E-state index contributed by atoms with van der Waals surface area (Å²) in [6.07, 6.45) is 1.02. The van der Waals surface area contributed by atoms with Crippen LogP contribution in [0, 0.1) is 5.92 Å². The highest BCUT2D eigenvalue weighted by Crippen LogP contribution is 2.50. The van der Waals surface area contributed by atoms with Crippen molar-refractivity contribution in [3.63, 3.8) is 0 Å². The molecule has 1 N–H and O–H groups in total. The molecule has 22 heavy (non-hydrogen) atoms. The van der Waals surface area contributed by atoms with Crippen molar-refractivity contribution in [1.82, 2.24) is 9.88 Å². The van der Waals surface area contributed by atoms with Crippen LogP contribution in [0.5, 0.6) is 0 Å². The van der Waals surface area contributed by atoms with Gasteiger partial charge in [-0.05, 0) is 55.3 Å². The van der Waals surface area contributed by atoms with Crippen LogP contribution < -0.4 is 0 Å². The van der Waals surface area contributed by atoms with E-state index in [-0.39, 0.29) is 18.1 Å². The number of aromatic nitrogens is 1. The van der Waals surface area contributed by atoms with Crippen LogP contribution in [-0.4, -0.2) is 39.3 Å². The molecule has 3 atom stereocenters. The largest absolute Gasteiger partial charge is 0.444 e. The topological polar surface area (TPSA) is 62.7 Å². The van der Waals surface area contributed by atoms with E-state index in [1.807, 2.05) is 39.0 Å². The normalized spacial score (nSPS) is 30.7. The summed E-state index contributed by atoms with van der Waals surface area (Å²) in [7, 11) is 0. The van der Waals surface area contributed by atoms with Gasteiger partial charge in [-0.1, -0.05) is 6.07 Å². The van der Waals surface area contributed by atoms with E-state index in [1.54, 1.807) is 4.90 Å². The minimum atomic E-state index is -0.951. The summed E-state index contributed by atoms with van der Waals surface area (Å²) in [5.74, 6) is 0.00631. The van der Waals surface area contributed by atoms with E-state index in [2.05, 4.69) is 20.9 Å². The number of halogens is 1. The van der Waals surface area contributed by atoms with Gasteiger partial charge < -0.3 is 14.7 Å². The minimum Gasteiger partial charge on any atom is -0.444 e. The van der Waals surface area contributed by atoms with Crippen LogP contribution >= 0.6 is 15.9 Å². The van der Waals surface area contributed by atoms with Crippen LogP contribution in [0.2, 0.25) is 0 Å². The molecule has 1 aromatic rings. The van der Waals surface area contributed by atoms with Crippen LogP contribution in [0.25, 0.3) is 0 Å². The summed E-state index contributed by atoms with van der Waals surface area (Å²) in [5.41, 5.74) is -0.771. The molecule has 0 radical (unpaired) electrons. The molecule has 3 unspecified atom stereocenters. The lowest BCUT2D eigenvalue weighted by molar-refractivity contribution is -0.0467. The molecular formula is C16H21BrN2O3. The van der Waals surface area contributed by atoms with Gasteiger partial charge in [0.2, 0.25) is 0 Å². The summed E-state index contributed by atoms with van der Waals surface area (Å²) >= 11 is 3.35. The standard InChI is InChI=1S/C16H21BrN2O3/c1-15(2,3)22-14(20)19-9-10-7-11(19)8-16(10,21)12-5-4-6-13(17)18-12/h4-6,10-11,21H,7-9H2,1-3H3. The molecule has 2 aliphatic rings. The number of hydrogen-bond donors (Lipinski definition) is 1. The lowest BCUT2D eigenvalue weighted by Crippen LogP contribution is -2.48. The molecule has 2 bridgehead atoms. The third-order valence-corrected chi connectivity index (χ3v) is 4.86. The van der Waals surface area contributed by atoms with Crippen LogP contribution in [0.3, 0.4) is 0 Å². The van der Waals surface area contributed by atoms with Crippen molar-refractivity contribution in [3.8, 4) is 0 Å². The van der Waals surface area contributed by atoms with Gasteiger partial charge in [-0.3, -0.25) is 0 Å². The molecule has 1 amide bonds. The highest BCUT2D eigenvalue weighted by molar-refractivity contribution is 9.10. The number of fused-ring (bicyclic) bond motifs is 2. The zero-order chi connectivity index (χ0) is 16.1. The second-order valence-corrected chi connectivity index (χ2v) is 8.01. The first-order valence-electron chi connectivity index (χ1n) is 7.54. The first kappa shape index (κ1) is 15.7. The third kappa shape index (κ3) is 2.74. The van der Waals surface area contributed by atoms with Crippen molar-refractivity contribution in [1.29, 1.82) is 0 Å². The number of ether oxygens (including phenoxy) is 1. The molecule has 6 heteroatoms. The maximum Gasteiger partial charge on any atom is 0.410 e. The first-order chi connectivity index (χ1) is 10.2. The van der Waals surface area contributed by atoms with Gasteiger partial charge in [0.15, 0.2) is 0 Å². The predicted octanol–water partition coefficient (Wildman–Crippen LogP) is 3.06. The smallest absolute Gasteiger partial charge is 0.410 e. The van der Waals surface area contributed by atoms with Gasteiger partial charge in [-0.25, -0.2) is 9.78 Å². The molecule has 1 aliphatic heterocycles. The lowest BCUT2D eigenvalue weighted by atomic mass is 9.85. The number of piperidine rings is 1. The Hall–Kier alpha value is -1.14. The number of hydrogen-bond acceptors (Lipinski definition) is 4. The number of pyridine rings is 1. The minimum absolute atomic E-state index is 0.00631. The highest BCUT2D eigenvalue weighted by atomic mass is 79.9. The van der Waals surface area contributed by atoms with Crippen LogP contribution in [0.15, 0.2) is 22.8 Å². The van der Waals surface area contributed by atoms with E-state index in [0.29, 0.717) is 23.3 Å². The molecule has 1 saturated carbocycles. The van der Waals surface area contributed by atoms with Gasteiger partial charge in [0, 0.05) is 24.9 Å². The Morgan fingerprint density at radius 2 is 2.23 bits per heavy atom. The zero-order valence-corrected chi connectivity index (χ0v) is 14.6. The number of rotatable bonds is 1. The number of aliphatic hydroxyl groups is 1. The maximum atomic E-state index is 12.3. The molecule has 120 valence electrons. The van der Waals surface area contributed by atoms with Gasteiger partial charge in [-0.2, -0.15) is 0 Å². The Bertz CT molecular complexity index is 601. The van der Waals surface area contributed by atoms with Crippen molar-refractivity contribution in [3.05, 3.63) is 28.5 Å². The van der Waals surface area contributed by atoms with E-state index in [1.165, 1.54) is 0 Å². The summed E-state index contributed by atoms with van der Waals surface area (Å²) < 4.78 is 6.16. The van der Waals surface area contributed by atoms with Crippen LogP contribution in [0.4, 0.5) is 4.79 Å². The van der Waals surface area contributed by atoms with Gasteiger partial charge in [0.25, 0.3) is 0 Å². The molecule has 1 aliphatic carbocycles. The number of carbonyl (C=O) groups is 1. The molecule has 1 saturated heterocycles. The quantitative estimate of drug-likeness (QED) is 0.773. The van der Waals surface area contributed by atoms with Gasteiger partial charge >= 0.3 is 6.09 Å². The molecule has 2 fully saturated rings. The van der Waals surface area contributed by atoms with E-state index in [9.17, 15) is 9.90 Å². The van der Waals surface area contributed by atoms with Gasteiger partial charge in [-0.15, -0.1) is 0 Å². The molecule has 0 spiro atoms. The Balaban J connectivity index is 1.75. The molecule has 3 rings (SSSR count). The SMILES string of the molecule is CC(C)(C)OC(=O)N1CC2CC1CC2(O)c1cccc(Br)n1. The second-order valence-electron chi connectivity index (χ2n) is 7.19. The fraction of sp³-hybridized carbons (Fsp3) is 0.625. The fourth-order valence-corrected chi connectivity index (χ4v) is 3.83. The van der Waals surface area contributed by atoms with E-state index >= 15 is 0 Å². The molecule has 5 nitrogen and oxygen atoms in total. The van der Waals surface area contributed by atoms with E-state index in [4.69, 9.17) is 4.74 Å². The summed E-state index contributed by atoms with van der Waals surface area (Å²) in [4.78, 5) is 18.4. The second kappa shape index (κ2) is 5.20. The number of likely N-dealkylation sites (tertiary alicyclic amines) is 1.